The van der Waals surface area contributed by atoms with Crippen LogP contribution >= 0.6 is 0 Å². The Bertz CT molecular complexity index is 421. The number of ether oxygens (including phenoxy) is 1. The third kappa shape index (κ3) is 2.91. The van der Waals surface area contributed by atoms with Gasteiger partial charge in [-0.05, 0) is 30.5 Å². The van der Waals surface area contributed by atoms with Crippen molar-refractivity contribution in [2.24, 2.45) is 0 Å². The monoisotopic (exact) mass is 232 g/mol. The van der Waals surface area contributed by atoms with Crippen LogP contribution < -0.4 is 9.64 Å². The zero-order chi connectivity index (χ0) is 13.0. The molecule has 0 N–H and O–H groups in total. The van der Waals surface area contributed by atoms with Crippen molar-refractivity contribution in [1.29, 1.82) is 5.26 Å². The van der Waals surface area contributed by atoms with Crippen LogP contribution in [0.15, 0.2) is 18.2 Å². The predicted molar refractivity (Wildman–Crippen MR) is 70.6 cm³/mol. The van der Waals surface area contributed by atoms with Gasteiger partial charge in [0.2, 0.25) is 0 Å². The van der Waals surface area contributed by atoms with Crippen LogP contribution in [0.4, 0.5) is 5.69 Å². The highest BCUT2D eigenvalue weighted by Crippen LogP contribution is 2.31. The van der Waals surface area contributed by atoms with Crippen molar-refractivity contribution in [2.45, 2.75) is 32.7 Å². The summed E-state index contributed by atoms with van der Waals surface area (Å²) in [5.74, 6) is 1.29. The molecule has 1 aromatic rings. The number of methoxy groups -OCH3 is 1. The molecule has 0 heterocycles. The number of nitriles is 1. The minimum absolute atomic E-state index is 0.172. The van der Waals surface area contributed by atoms with E-state index in [1.165, 1.54) is 5.56 Å². The van der Waals surface area contributed by atoms with Crippen LogP contribution in [0.25, 0.3) is 0 Å². The van der Waals surface area contributed by atoms with E-state index in [1.54, 1.807) is 7.11 Å². The van der Waals surface area contributed by atoms with Gasteiger partial charge in [-0.2, -0.15) is 5.26 Å². The lowest BCUT2D eigenvalue weighted by Crippen LogP contribution is -2.27. The molecule has 0 aliphatic rings. The van der Waals surface area contributed by atoms with Crippen molar-refractivity contribution >= 4 is 5.69 Å². The van der Waals surface area contributed by atoms with Gasteiger partial charge in [-0.25, -0.2) is 0 Å². The SMILES string of the molecule is COc1cc(C(C)C)ccc1N(C)C(C)C#N. The highest BCUT2D eigenvalue weighted by Gasteiger charge is 2.14. The standard InChI is InChI=1S/C14H20N2O/c1-10(2)12-6-7-13(14(8-12)17-5)16(4)11(3)9-15/h6-8,10-11H,1-5H3. The third-order valence-corrected chi connectivity index (χ3v) is 3.02. The molecule has 1 rings (SSSR count). The van der Waals surface area contributed by atoms with Crippen molar-refractivity contribution in [3.63, 3.8) is 0 Å². The molecule has 0 fully saturated rings. The summed E-state index contributed by atoms with van der Waals surface area (Å²) < 4.78 is 5.40. The minimum Gasteiger partial charge on any atom is -0.495 e. The summed E-state index contributed by atoms with van der Waals surface area (Å²) >= 11 is 0. The fourth-order valence-corrected chi connectivity index (χ4v) is 1.64. The van der Waals surface area contributed by atoms with Gasteiger partial charge in [0.15, 0.2) is 0 Å². The van der Waals surface area contributed by atoms with E-state index in [4.69, 9.17) is 10.00 Å². The highest BCUT2D eigenvalue weighted by molar-refractivity contribution is 5.60. The average Bonchev–Trinajstić information content (AvgIpc) is 2.35. The summed E-state index contributed by atoms with van der Waals surface area (Å²) in [4.78, 5) is 1.92. The lowest BCUT2D eigenvalue weighted by atomic mass is 10.0. The quantitative estimate of drug-likeness (QED) is 0.800. The van der Waals surface area contributed by atoms with Gasteiger partial charge in [0.05, 0.1) is 18.9 Å². The Hall–Kier alpha value is -1.69. The number of anilines is 1. The van der Waals surface area contributed by atoms with Gasteiger partial charge in [-0.15, -0.1) is 0 Å². The summed E-state index contributed by atoms with van der Waals surface area (Å²) in [5, 5.41) is 8.94. The van der Waals surface area contributed by atoms with E-state index in [2.05, 4.69) is 26.0 Å². The highest BCUT2D eigenvalue weighted by atomic mass is 16.5. The summed E-state index contributed by atoms with van der Waals surface area (Å²) in [7, 11) is 3.56. The van der Waals surface area contributed by atoms with Crippen LogP contribution in [0.5, 0.6) is 5.75 Å². The first-order chi connectivity index (χ1) is 8.01. The van der Waals surface area contributed by atoms with E-state index < -0.39 is 0 Å². The molecule has 0 radical (unpaired) electrons. The number of rotatable bonds is 4. The number of hydrogen-bond donors (Lipinski definition) is 0. The Kier molecular flexibility index (Phi) is 4.39. The van der Waals surface area contributed by atoms with E-state index in [9.17, 15) is 0 Å². The lowest BCUT2D eigenvalue weighted by Gasteiger charge is -2.24. The topological polar surface area (TPSA) is 36.3 Å². The van der Waals surface area contributed by atoms with E-state index in [0.717, 1.165) is 11.4 Å². The zero-order valence-corrected chi connectivity index (χ0v) is 11.2. The number of hydrogen-bond acceptors (Lipinski definition) is 3. The maximum absolute atomic E-state index is 8.94. The van der Waals surface area contributed by atoms with E-state index in [-0.39, 0.29) is 6.04 Å². The smallest absolute Gasteiger partial charge is 0.142 e. The molecular formula is C14H20N2O. The van der Waals surface area contributed by atoms with Crippen LogP contribution in [-0.2, 0) is 0 Å². The molecule has 1 unspecified atom stereocenters. The fourth-order valence-electron chi connectivity index (χ4n) is 1.64. The van der Waals surface area contributed by atoms with Crippen molar-refractivity contribution in [3.05, 3.63) is 23.8 Å². The first kappa shape index (κ1) is 13.4. The molecule has 0 aliphatic heterocycles. The first-order valence-corrected chi connectivity index (χ1v) is 5.81. The fraction of sp³-hybridized carbons (Fsp3) is 0.500. The van der Waals surface area contributed by atoms with E-state index in [0.29, 0.717) is 5.92 Å². The molecule has 0 saturated heterocycles. The molecule has 17 heavy (non-hydrogen) atoms. The third-order valence-electron chi connectivity index (χ3n) is 3.02. The van der Waals surface area contributed by atoms with Crippen LogP contribution in [-0.4, -0.2) is 20.2 Å². The molecule has 1 atom stereocenters. The Morgan fingerprint density at radius 2 is 1.94 bits per heavy atom. The van der Waals surface area contributed by atoms with Crippen molar-refractivity contribution in [2.75, 3.05) is 19.1 Å². The number of benzene rings is 1. The molecule has 0 amide bonds. The molecule has 0 saturated carbocycles. The van der Waals surface area contributed by atoms with Crippen molar-refractivity contribution in [3.8, 4) is 11.8 Å². The molecule has 92 valence electrons. The molecule has 3 heteroatoms. The van der Waals surface area contributed by atoms with E-state index >= 15 is 0 Å². The Labute approximate surface area is 104 Å². The van der Waals surface area contributed by atoms with Gasteiger partial charge in [0.1, 0.15) is 11.8 Å². The second-order valence-corrected chi connectivity index (χ2v) is 4.50. The van der Waals surface area contributed by atoms with Gasteiger partial charge in [0.25, 0.3) is 0 Å². The minimum atomic E-state index is -0.172. The van der Waals surface area contributed by atoms with Crippen LogP contribution in [0, 0.1) is 11.3 Å². The summed E-state index contributed by atoms with van der Waals surface area (Å²) in [6.07, 6.45) is 0. The average molecular weight is 232 g/mol. The predicted octanol–water partition coefficient (Wildman–Crippen LogP) is 3.17. The maximum atomic E-state index is 8.94. The first-order valence-electron chi connectivity index (χ1n) is 5.81. The summed E-state index contributed by atoms with van der Waals surface area (Å²) in [6.45, 7) is 6.17. The molecule has 1 aromatic carbocycles. The van der Waals surface area contributed by atoms with E-state index in [1.807, 2.05) is 31.0 Å². The zero-order valence-electron chi connectivity index (χ0n) is 11.2. The van der Waals surface area contributed by atoms with Gasteiger partial charge in [-0.1, -0.05) is 19.9 Å². The van der Waals surface area contributed by atoms with Crippen LogP contribution in [0.1, 0.15) is 32.3 Å². The van der Waals surface area contributed by atoms with Crippen molar-refractivity contribution in [1.82, 2.24) is 0 Å². The summed E-state index contributed by atoms with van der Waals surface area (Å²) in [6, 6.07) is 8.19. The molecule has 0 aromatic heterocycles. The summed E-state index contributed by atoms with van der Waals surface area (Å²) in [5.41, 5.74) is 2.19. The van der Waals surface area contributed by atoms with Crippen molar-refractivity contribution < 1.29 is 4.74 Å². The van der Waals surface area contributed by atoms with Gasteiger partial charge in [-0.3, -0.25) is 0 Å². The maximum Gasteiger partial charge on any atom is 0.142 e. The Morgan fingerprint density at radius 3 is 2.41 bits per heavy atom. The second-order valence-electron chi connectivity index (χ2n) is 4.50. The van der Waals surface area contributed by atoms with Gasteiger partial charge in [0, 0.05) is 7.05 Å². The van der Waals surface area contributed by atoms with Gasteiger partial charge >= 0.3 is 0 Å². The largest absolute Gasteiger partial charge is 0.495 e. The Morgan fingerprint density at radius 1 is 1.29 bits per heavy atom. The number of nitrogens with zero attached hydrogens (tertiary/aromatic N) is 2. The molecule has 0 bridgehead atoms. The van der Waals surface area contributed by atoms with Crippen LogP contribution in [0.3, 0.4) is 0 Å². The van der Waals surface area contributed by atoms with Gasteiger partial charge < -0.3 is 9.64 Å². The molecule has 3 nitrogen and oxygen atoms in total. The normalized spacial score (nSPS) is 12.1. The molecule has 0 spiro atoms. The lowest BCUT2D eigenvalue weighted by molar-refractivity contribution is 0.413. The second kappa shape index (κ2) is 5.58. The Balaban J connectivity index is 3.13. The molecular weight excluding hydrogens is 212 g/mol. The van der Waals surface area contributed by atoms with Crippen LogP contribution in [0.2, 0.25) is 0 Å². The molecule has 0 aliphatic carbocycles.